The Kier molecular flexibility index (Phi) is 3.89. The molecular formula is C10H17N. The van der Waals surface area contributed by atoms with Crippen LogP contribution in [0.15, 0.2) is 11.1 Å². The van der Waals surface area contributed by atoms with E-state index in [-0.39, 0.29) is 5.92 Å². The van der Waals surface area contributed by atoms with Gasteiger partial charge in [-0.2, -0.15) is 5.26 Å². The summed E-state index contributed by atoms with van der Waals surface area (Å²) in [5.41, 5.74) is 2.49. The van der Waals surface area contributed by atoms with E-state index >= 15 is 0 Å². The standard InChI is InChI=1S/C10H17N/c1-7(2)9(5)10(6-11)8(3)4/h8,10H,1-5H3. The molecule has 0 radical (unpaired) electrons. The van der Waals surface area contributed by atoms with Gasteiger partial charge in [-0.15, -0.1) is 0 Å². The predicted octanol–water partition coefficient (Wildman–Crippen LogP) is 3.14. The maximum Gasteiger partial charge on any atom is 0.0703 e. The van der Waals surface area contributed by atoms with Crippen molar-refractivity contribution in [3.05, 3.63) is 11.1 Å². The van der Waals surface area contributed by atoms with Crippen LogP contribution in [-0.2, 0) is 0 Å². The van der Waals surface area contributed by atoms with Crippen LogP contribution >= 0.6 is 0 Å². The van der Waals surface area contributed by atoms with Crippen molar-refractivity contribution in [1.29, 1.82) is 5.26 Å². The smallest absolute Gasteiger partial charge is 0.0703 e. The first-order chi connectivity index (χ1) is 5.00. The lowest BCUT2D eigenvalue weighted by atomic mass is 9.88. The monoisotopic (exact) mass is 151 g/mol. The minimum absolute atomic E-state index is 0.0972. The molecule has 1 heteroatoms. The molecule has 1 unspecified atom stereocenters. The lowest BCUT2D eigenvalue weighted by molar-refractivity contribution is 0.532. The summed E-state index contributed by atoms with van der Waals surface area (Å²) in [7, 11) is 0. The van der Waals surface area contributed by atoms with Crippen LogP contribution in [0.1, 0.15) is 34.6 Å². The summed E-state index contributed by atoms with van der Waals surface area (Å²) in [5.74, 6) is 0.523. The van der Waals surface area contributed by atoms with E-state index in [9.17, 15) is 0 Å². The molecular weight excluding hydrogens is 134 g/mol. The zero-order chi connectivity index (χ0) is 9.02. The summed E-state index contributed by atoms with van der Waals surface area (Å²) in [6.45, 7) is 10.3. The lowest BCUT2D eigenvalue weighted by Crippen LogP contribution is -2.08. The molecule has 0 aliphatic rings. The van der Waals surface area contributed by atoms with Crippen LogP contribution in [0, 0.1) is 23.2 Å². The van der Waals surface area contributed by atoms with E-state index in [4.69, 9.17) is 5.26 Å². The Bertz CT molecular complexity index is 189. The van der Waals surface area contributed by atoms with Crippen molar-refractivity contribution in [2.24, 2.45) is 11.8 Å². The highest BCUT2D eigenvalue weighted by Crippen LogP contribution is 2.21. The van der Waals surface area contributed by atoms with Gasteiger partial charge in [0.1, 0.15) is 0 Å². The van der Waals surface area contributed by atoms with Crippen LogP contribution in [0.2, 0.25) is 0 Å². The highest BCUT2D eigenvalue weighted by molar-refractivity contribution is 5.17. The zero-order valence-corrected chi connectivity index (χ0v) is 8.10. The summed E-state index contributed by atoms with van der Waals surface area (Å²) < 4.78 is 0. The molecule has 0 fully saturated rings. The second-order valence-electron chi connectivity index (χ2n) is 3.53. The van der Waals surface area contributed by atoms with Gasteiger partial charge < -0.3 is 0 Å². The summed E-state index contributed by atoms with van der Waals surface area (Å²) in [6.07, 6.45) is 0. The van der Waals surface area contributed by atoms with Crippen LogP contribution in [0.3, 0.4) is 0 Å². The number of hydrogen-bond donors (Lipinski definition) is 0. The van der Waals surface area contributed by atoms with Crippen LogP contribution in [-0.4, -0.2) is 0 Å². The summed E-state index contributed by atoms with van der Waals surface area (Å²) >= 11 is 0. The topological polar surface area (TPSA) is 23.8 Å². The number of nitrogens with zero attached hydrogens (tertiary/aromatic N) is 1. The van der Waals surface area contributed by atoms with E-state index in [1.165, 1.54) is 11.1 Å². The molecule has 62 valence electrons. The molecule has 0 aliphatic carbocycles. The van der Waals surface area contributed by atoms with Crippen molar-refractivity contribution in [1.82, 2.24) is 0 Å². The summed E-state index contributed by atoms with van der Waals surface area (Å²) in [4.78, 5) is 0. The van der Waals surface area contributed by atoms with Crippen LogP contribution in [0.4, 0.5) is 0 Å². The molecule has 0 aromatic carbocycles. The fraction of sp³-hybridized carbons (Fsp3) is 0.700. The molecule has 0 saturated heterocycles. The molecule has 0 N–H and O–H groups in total. The Morgan fingerprint density at radius 1 is 1.18 bits per heavy atom. The highest BCUT2D eigenvalue weighted by Gasteiger charge is 2.14. The fourth-order valence-electron chi connectivity index (χ4n) is 1.06. The molecule has 0 amide bonds. The third-order valence-electron chi connectivity index (χ3n) is 2.06. The number of rotatable bonds is 2. The molecule has 11 heavy (non-hydrogen) atoms. The van der Waals surface area contributed by atoms with Crippen LogP contribution in [0.25, 0.3) is 0 Å². The largest absolute Gasteiger partial charge is 0.198 e. The number of nitriles is 1. The van der Waals surface area contributed by atoms with Crippen molar-refractivity contribution in [3.8, 4) is 6.07 Å². The molecule has 1 nitrogen and oxygen atoms in total. The minimum atomic E-state index is 0.0972. The van der Waals surface area contributed by atoms with Crippen LogP contribution < -0.4 is 0 Å². The van der Waals surface area contributed by atoms with Gasteiger partial charge in [0, 0.05) is 0 Å². The van der Waals surface area contributed by atoms with Crippen LogP contribution in [0.5, 0.6) is 0 Å². The molecule has 0 bridgehead atoms. The first kappa shape index (κ1) is 10.2. The molecule has 1 atom stereocenters. The average Bonchev–Trinajstić information content (AvgIpc) is 1.88. The van der Waals surface area contributed by atoms with E-state index in [2.05, 4.69) is 33.8 Å². The minimum Gasteiger partial charge on any atom is -0.198 e. The first-order valence-electron chi connectivity index (χ1n) is 4.04. The third kappa shape index (κ3) is 2.76. The number of hydrogen-bond acceptors (Lipinski definition) is 1. The van der Waals surface area contributed by atoms with Gasteiger partial charge >= 0.3 is 0 Å². The fourth-order valence-corrected chi connectivity index (χ4v) is 1.06. The van der Waals surface area contributed by atoms with Gasteiger partial charge in [-0.05, 0) is 26.7 Å². The molecule has 0 saturated carbocycles. The van der Waals surface area contributed by atoms with Crippen molar-refractivity contribution in [2.45, 2.75) is 34.6 Å². The molecule has 0 rings (SSSR count). The first-order valence-corrected chi connectivity index (χ1v) is 4.04. The number of allylic oxidation sites excluding steroid dienone is 2. The normalized spacial score (nSPS) is 12.5. The molecule has 0 aliphatic heterocycles. The molecule has 0 spiro atoms. The Balaban J connectivity index is 4.57. The van der Waals surface area contributed by atoms with Gasteiger partial charge in [0.05, 0.1) is 12.0 Å². The van der Waals surface area contributed by atoms with E-state index in [0.29, 0.717) is 5.92 Å². The van der Waals surface area contributed by atoms with Gasteiger partial charge in [-0.3, -0.25) is 0 Å². The van der Waals surface area contributed by atoms with E-state index < -0.39 is 0 Å². The second kappa shape index (κ2) is 4.18. The SMILES string of the molecule is CC(C)=C(C)C(C#N)C(C)C. The lowest BCUT2D eigenvalue weighted by Gasteiger charge is -2.14. The van der Waals surface area contributed by atoms with Gasteiger partial charge in [-0.25, -0.2) is 0 Å². The summed E-state index contributed by atoms with van der Waals surface area (Å²) in [6, 6.07) is 2.32. The van der Waals surface area contributed by atoms with Gasteiger partial charge in [0.25, 0.3) is 0 Å². The van der Waals surface area contributed by atoms with Gasteiger partial charge in [0.15, 0.2) is 0 Å². The Hall–Kier alpha value is -0.770. The third-order valence-corrected chi connectivity index (χ3v) is 2.06. The average molecular weight is 151 g/mol. The van der Waals surface area contributed by atoms with Crippen molar-refractivity contribution in [2.75, 3.05) is 0 Å². The maximum absolute atomic E-state index is 8.83. The predicted molar refractivity (Wildman–Crippen MR) is 48.0 cm³/mol. The Labute approximate surface area is 69.7 Å². The van der Waals surface area contributed by atoms with Gasteiger partial charge in [-0.1, -0.05) is 25.0 Å². The Morgan fingerprint density at radius 2 is 1.64 bits per heavy atom. The maximum atomic E-state index is 8.83. The molecule has 0 aromatic rings. The van der Waals surface area contributed by atoms with Crippen molar-refractivity contribution >= 4 is 0 Å². The van der Waals surface area contributed by atoms with Crippen molar-refractivity contribution < 1.29 is 0 Å². The van der Waals surface area contributed by atoms with E-state index in [1.54, 1.807) is 0 Å². The zero-order valence-electron chi connectivity index (χ0n) is 8.10. The quantitative estimate of drug-likeness (QED) is 0.556. The highest BCUT2D eigenvalue weighted by atomic mass is 14.3. The van der Waals surface area contributed by atoms with E-state index in [1.807, 2.05) is 6.92 Å². The van der Waals surface area contributed by atoms with Gasteiger partial charge in [0.2, 0.25) is 0 Å². The Morgan fingerprint density at radius 3 is 1.73 bits per heavy atom. The second-order valence-corrected chi connectivity index (χ2v) is 3.53. The summed E-state index contributed by atoms with van der Waals surface area (Å²) in [5, 5.41) is 8.83. The molecule has 0 heterocycles. The van der Waals surface area contributed by atoms with Crippen molar-refractivity contribution in [3.63, 3.8) is 0 Å². The molecule has 0 aromatic heterocycles. The van der Waals surface area contributed by atoms with E-state index in [0.717, 1.165) is 0 Å².